The van der Waals surface area contributed by atoms with Gasteiger partial charge in [0.25, 0.3) is 5.91 Å². The van der Waals surface area contributed by atoms with Crippen molar-refractivity contribution in [3.05, 3.63) is 59.7 Å². The van der Waals surface area contributed by atoms with Crippen LogP contribution in [0.1, 0.15) is 35.2 Å². The van der Waals surface area contributed by atoms with Gasteiger partial charge in [0.15, 0.2) is 0 Å². The molecule has 2 aliphatic heterocycles. The molecule has 0 aliphatic carbocycles. The van der Waals surface area contributed by atoms with Gasteiger partial charge >= 0.3 is 0 Å². The van der Waals surface area contributed by atoms with E-state index in [1.807, 2.05) is 35.2 Å². The number of benzene rings is 2. The third-order valence-electron chi connectivity index (χ3n) is 5.12. The van der Waals surface area contributed by atoms with Crippen LogP contribution in [0.3, 0.4) is 0 Å². The lowest BCUT2D eigenvalue weighted by Crippen LogP contribution is -2.29. The Bertz CT molecular complexity index is 828. The molecule has 1 atom stereocenters. The van der Waals surface area contributed by atoms with Crippen LogP contribution in [0.2, 0.25) is 0 Å². The van der Waals surface area contributed by atoms with E-state index in [0.717, 1.165) is 31.5 Å². The lowest BCUT2D eigenvalue weighted by atomic mass is 10.1. The van der Waals surface area contributed by atoms with Crippen molar-refractivity contribution in [2.45, 2.75) is 31.7 Å². The fourth-order valence-corrected chi connectivity index (χ4v) is 3.80. The topological polar surface area (TPSA) is 61.4 Å². The van der Waals surface area contributed by atoms with Crippen LogP contribution in [0, 0.1) is 0 Å². The maximum Gasteiger partial charge on any atom is 0.258 e. The molecule has 2 heterocycles. The molecule has 4 rings (SSSR count). The Morgan fingerprint density at radius 2 is 2.04 bits per heavy atom. The van der Waals surface area contributed by atoms with E-state index in [4.69, 9.17) is 0 Å². The van der Waals surface area contributed by atoms with Gasteiger partial charge in [-0.15, -0.1) is 0 Å². The average Bonchev–Trinajstić information content (AvgIpc) is 3.30. The molecule has 2 amide bonds. The lowest BCUT2D eigenvalue weighted by Gasteiger charge is -2.18. The molecule has 134 valence electrons. The maximum absolute atomic E-state index is 12.9. The van der Waals surface area contributed by atoms with E-state index in [0.29, 0.717) is 24.2 Å². The summed E-state index contributed by atoms with van der Waals surface area (Å²) in [5.74, 6) is -0.0379. The summed E-state index contributed by atoms with van der Waals surface area (Å²) in [6.45, 7) is 1.68. The molecule has 5 heteroatoms. The molecule has 2 aromatic rings. The van der Waals surface area contributed by atoms with E-state index in [-0.39, 0.29) is 17.9 Å². The molecule has 2 aromatic carbocycles. The zero-order valence-electron chi connectivity index (χ0n) is 14.7. The molecular weight excluding hydrogens is 326 g/mol. The van der Waals surface area contributed by atoms with Crippen molar-refractivity contribution in [2.24, 2.45) is 0 Å². The van der Waals surface area contributed by atoms with Crippen LogP contribution < -0.4 is 15.5 Å². The van der Waals surface area contributed by atoms with Crippen LogP contribution in [-0.4, -0.2) is 30.9 Å². The number of fused-ring (bicyclic) bond motifs is 1. The Kier molecular flexibility index (Phi) is 4.71. The van der Waals surface area contributed by atoms with Crippen LogP contribution in [0.15, 0.2) is 48.5 Å². The number of hydrogen-bond acceptors (Lipinski definition) is 3. The second-order valence-corrected chi connectivity index (χ2v) is 6.96. The number of anilines is 2. The highest BCUT2D eigenvalue weighted by atomic mass is 16.2. The molecular formula is C21H23N3O2. The molecule has 5 nitrogen and oxygen atoms in total. The zero-order valence-corrected chi connectivity index (χ0v) is 14.7. The minimum atomic E-state index is -0.0245. The maximum atomic E-state index is 12.9. The molecule has 26 heavy (non-hydrogen) atoms. The Morgan fingerprint density at radius 1 is 1.15 bits per heavy atom. The minimum absolute atomic E-state index is 0.0134. The molecule has 0 aromatic heterocycles. The summed E-state index contributed by atoms with van der Waals surface area (Å²) < 4.78 is 0. The number of rotatable bonds is 4. The van der Waals surface area contributed by atoms with Crippen LogP contribution in [0.25, 0.3) is 0 Å². The van der Waals surface area contributed by atoms with Gasteiger partial charge in [0.1, 0.15) is 0 Å². The van der Waals surface area contributed by atoms with Crippen molar-refractivity contribution < 1.29 is 9.59 Å². The summed E-state index contributed by atoms with van der Waals surface area (Å²) in [4.78, 5) is 27.0. The van der Waals surface area contributed by atoms with Crippen molar-refractivity contribution in [1.29, 1.82) is 0 Å². The molecule has 2 aliphatic rings. The lowest BCUT2D eigenvalue weighted by molar-refractivity contribution is -0.116. The fourth-order valence-electron chi connectivity index (χ4n) is 3.80. The predicted octanol–water partition coefficient (Wildman–Crippen LogP) is 2.97. The highest BCUT2D eigenvalue weighted by Gasteiger charge is 2.25. The molecule has 0 radical (unpaired) electrons. The van der Waals surface area contributed by atoms with Crippen molar-refractivity contribution in [2.75, 3.05) is 23.3 Å². The van der Waals surface area contributed by atoms with Crippen molar-refractivity contribution in [3.8, 4) is 0 Å². The van der Waals surface area contributed by atoms with E-state index in [1.54, 1.807) is 12.1 Å². The number of hydrogen-bond donors (Lipinski definition) is 2. The van der Waals surface area contributed by atoms with Crippen LogP contribution >= 0.6 is 0 Å². The standard InChI is InChI=1S/C21H23N3O2/c25-20(14-17-8-4-11-22-17)23-18-7-3-6-16(13-18)21(26)24-12-10-15-5-1-2-9-19(15)24/h1-3,5-7,9,13,17,22H,4,8,10-12,14H2,(H,23,25). The normalized spacial score (nSPS) is 18.6. The van der Waals surface area contributed by atoms with Crippen molar-refractivity contribution in [1.82, 2.24) is 5.32 Å². The van der Waals surface area contributed by atoms with Crippen LogP contribution in [0.5, 0.6) is 0 Å². The number of amides is 2. The summed E-state index contributed by atoms with van der Waals surface area (Å²) in [7, 11) is 0. The predicted molar refractivity (Wildman–Crippen MR) is 103 cm³/mol. The quantitative estimate of drug-likeness (QED) is 0.892. The second-order valence-electron chi connectivity index (χ2n) is 6.96. The highest BCUT2D eigenvalue weighted by molar-refractivity contribution is 6.08. The smallest absolute Gasteiger partial charge is 0.258 e. The second kappa shape index (κ2) is 7.30. The van der Waals surface area contributed by atoms with Crippen LogP contribution in [-0.2, 0) is 11.2 Å². The first kappa shape index (κ1) is 16.8. The Labute approximate surface area is 153 Å². The van der Waals surface area contributed by atoms with Crippen molar-refractivity contribution >= 4 is 23.2 Å². The minimum Gasteiger partial charge on any atom is -0.326 e. The molecule has 0 spiro atoms. The van der Waals surface area contributed by atoms with Gasteiger partial charge in [-0.25, -0.2) is 0 Å². The van der Waals surface area contributed by atoms with E-state index < -0.39 is 0 Å². The number of nitrogens with zero attached hydrogens (tertiary/aromatic N) is 1. The molecule has 1 unspecified atom stereocenters. The Hall–Kier alpha value is -2.66. The summed E-state index contributed by atoms with van der Waals surface area (Å²) >= 11 is 0. The number of nitrogens with one attached hydrogen (secondary N) is 2. The van der Waals surface area contributed by atoms with E-state index >= 15 is 0 Å². The summed E-state index contributed by atoms with van der Waals surface area (Å²) in [6, 6.07) is 15.5. The summed E-state index contributed by atoms with van der Waals surface area (Å²) in [6.07, 6.45) is 3.52. The van der Waals surface area contributed by atoms with Gasteiger partial charge in [-0.05, 0) is 55.6 Å². The molecule has 0 saturated carbocycles. The number of carbonyl (C=O) groups excluding carboxylic acids is 2. The Balaban J connectivity index is 1.45. The van der Waals surface area contributed by atoms with Gasteiger partial charge in [-0.2, -0.15) is 0 Å². The molecule has 0 bridgehead atoms. The summed E-state index contributed by atoms with van der Waals surface area (Å²) in [5, 5.41) is 6.25. The largest absolute Gasteiger partial charge is 0.326 e. The van der Waals surface area contributed by atoms with Gasteiger partial charge in [0, 0.05) is 35.9 Å². The first-order chi connectivity index (χ1) is 12.7. The zero-order chi connectivity index (χ0) is 17.9. The number of carbonyl (C=O) groups is 2. The van der Waals surface area contributed by atoms with Gasteiger partial charge in [-0.3, -0.25) is 9.59 Å². The molecule has 2 N–H and O–H groups in total. The van der Waals surface area contributed by atoms with E-state index in [9.17, 15) is 9.59 Å². The number of para-hydroxylation sites is 1. The molecule has 1 fully saturated rings. The highest BCUT2D eigenvalue weighted by Crippen LogP contribution is 2.29. The average molecular weight is 349 g/mol. The fraction of sp³-hybridized carbons (Fsp3) is 0.333. The third-order valence-corrected chi connectivity index (χ3v) is 5.12. The summed E-state index contributed by atoms with van der Waals surface area (Å²) in [5.41, 5.74) is 3.46. The monoisotopic (exact) mass is 349 g/mol. The van der Waals surface area contributed by atoms with Crippen LogP contribution in [0.4, 0.5) is 11.4 Å². The van der Waals surface area contributed by atoms with E-state index in [2.05, 4.69) is 16.7 Å². The van der Waals surface area contributed by atoms with Gasteiger partial charge in [-0.1, -0.05) is 24.3 Å². The van der Waals surface area contributed by atoms with E-state index in [1.165, 1.54) is 5.56 Å². The first-order valence-electron chi connectivity index (χ1n) is 9.24. The SMILES string of the molecule is O=C(CC1CCCN1)Nc1cccc(C(=O)N2CCc3ccccc32)c1. The Morgan fingerprint density at radius 3 is 2.88 bits per heavy atom. The van der Waals surface area contributed by atoms with Gasteiger partial charge in [0.05, 0.1) is 0 Å². The molecule has 1 saturated heterocycles. The van der Waals surface area contributed by atoms with Gasteiger partial charge in [0.2, 0.25) is 5.91 Å². The third kappa shape index (κ3) is 3.48. The first-order valence-corrected chi connectivity index (χ1v) is 9.24. The van der Waals surface area contributed by atoms with Gasteiger partial charge < -0.3 is 15.5 Å². The van der Waals surface area contributed by atoms with Crippen molar-refractivity contribution in [3.63, 3.8) is 0 Å².